The molecular formula is C20H23N3O7S. The van der Waals surface area contributed by atoms with E-state index in [-0.39, 0.29) is 11.1 Å². The molecule has 31 heavy (non-hydrogen) atoms. The maximum Gasteiger partial charge on any atom is 0.330 e. The van der Waals surface area contributed by atoms with Crippen LogP contribution in [0.15, 0.2) is 51.8 Å². The van der Waals surface area contributed by atoms with Crippen molar-refractivity contribution in [3.05, 3.63) is 36.5 Å². The van der Waals surface area contributed by atoms with E-state index in [1.165, 1.54) is 25.3 Å². The molecule has 1 unspecified atom stereocenters. The number of nitrogens with zero attached hydrogens (tertiary/aromatic N) is 3. The average molecular weight is 449 g/mol. The number of pyridine rings is 1. The van der Waals surface area contributed by atoms with Crippen molar-refractivity contribution in [1.82, 2.24) is 4.98 Å². The topological polar surface area (TPSA) is 137 Å². The summed E-state index contributed by atoms with van der Waals surface area (Å²) >= 11 is 0. The van der Waals surface area contributed by atoms with Gasteiger partial charge in [0.15, 0.2) is 26.7 Å². The molecule has 0 bridgehead atoms. The van der Waals surface area contributed by atoms with Gasteiger partial charge in [0.1, 0.15) is 23.3 Å². The number of benzene rings is 1. The Bertz CT molecular complexity index is 1050. The molecule has 166 valence electrons. The number of aromatic nitrogens is 1. The van der Waals surface area contributed by atoms with Crippen molar-refractivity contribution in [2.45, 2.75) is 36.9 Å². The van der Waals surface area contributed by atoms with Crippen LogP contribution in [0.5, 0.6) is 17.2 Å². The lowest BCUT2D eigenvalue weighted by Gasteiger charge is -2.24. The molecule has 1 fully saturated rings. The lowest BCUT2D eigenvalue weighted by molar-refractivity contribution is -0.138. The van der Waals surface area contributed by atoms with Gasteiger partial charge in [0.2, 0.25) is 0 Å². The van der Waals surface area contributed by atoms with Crippen LogP contribution in [-0.4, -0.2) is 56.1 Å². The molecule has 1 aliphatic heterocycles. The predicted molar refractivity (Wildman–Crippen MR) is 110 cm³/mol. The van der Waals surface area contributed by atoms with Crippen molar-refractivity contribution in [2.24, 2.45) is 10.2 Å². The summed E-state index contributed by atoms with van der Waals surface area (Å²) < 4.78 is 40.3. The standard InChI is InChI=1S/C20H23N3O7S/c1-13(20(24)25)22-23-17-5-3-15(11-18(17)30-14-7-9-28-10-8-14)29-16-4-6-19(21-12-16)31(2,26)27/h3-6,11-14H,7-10H2,1-2H3,(H,24,25). The Kier molecular flexibility index (Phi) is 7.18. The van der Waals surface area contributed by atoms with Crippen molar-refractivity contribution in [3.63, 3.8) is 0 Å². The number of carbonyl (C=O) groups is 1. The van der Waals surface area contributed by atoms with Crippen LogP contribution in [0.2, 0.25) is 0 Å². The van der Waals surface area contributed by atoms with E-state index < -0.39 is 21.8 Å². The van der Waals surface area contributed by atoms with Crippen molar-refractivity contribution in [3.8, 4) is 17.2 Å². The first kappa shape index (κ1) is 22.6. The summed E-state index contributed by atoms with van der Waals surface area (Å²) in [6.45, 7) is 2.60. The van der Waals surface area contributed by atoms with Crippen molar-refractivity contribution >= 4 is 21.5 Å². The molecule has 10 nitrogen and oxygen atoms in total. The first-order chi connectivity index (χ1) is 14.7. The molecule has 1 saturated heterocycles. The number of carboxylic acid groups (broad SMARTS) is 1. The van der Waals surface area contributed by atoms with Gasteiger partial charge < -0.3 is 19.3 Å². The molecule has 1 aromatic heterocycles. The number of sulfone groups is 1. The van der Waals surface area contributed by atoms with Gasteiger partial charge >= 0.3 is 5.97 Å². The highest BCUT2D eigenvalue weighted by Crippen LogP contribution is 2.35. The summed E-state index contributed by atoms with van der Waals surface area (Å²) in [6.07, 6.45) is 3.74. The minimum atomic E-state index is -3.40. The van der Waals surface area contributed by atoms with Gasteiger partial charge in [-0.2, -0.15) is 10.2 Å². The lowest BCUT2D eigenvalue weighted by atomic mass is 10.1. The van der Waals surface area contributed by atoms with Crippen LogP contribution in [0, 0.1) is 0 Å². The van der Waals surface area contributed by atoms with Crippen LogP contribution in [0.3, 0.4) is 0 Å². The summed E-state index contributed by atoms with van der Waals surface area (Å²) in [5.74, 6) is 0.0755. The van der Waals surface area contributed by atoms with E-state index in [1.54, 1.807) is 18.2 Å². The molecule has 2 aromatic rings. The fourth-order valence-electron chi connectivity index (χ4n) is 2.69. The largest absolute Gasteiger partial charge is 0.488 e. The number of ether oxygens (including phenoxy) is 3. The molecule has 0 saturated carbocycles. The van der Waals surface area contributed by atoms with Gasteiger partial charge in [-0.1, -0.05) is 0 Å². The maximum atomic E-state index is 11.5. The molecule has 1 aliphatic rings. The van der Waals surface area contributed by atoms with Gasteiger partial charge in [-0.15, -0.1) is 0 Å². The molecule has 2 heterocycles. The molecule has 11 heteroatoms. The van der Waals surface area contributed by atoms with E-state index in [0.717, 1.165) is 6.26 Å². The Morgan fingerprint density at radius 3 is 2.55 bits per heavy atom. The molecule has 0 spiro atoms. The normalized spacial score (nSPS) is 16.2. The third-order valence-electron chi connectivity index (χ3n) is 4.41. The highest BCUT2D eigenvalue weighted by atomic mass is 32.2. The van der Waals surface area contributed by atoms with Gasteiger partial charge in [0, 0.05) is 25.2 Å². The third kappa shape index (κ3) is 6.46. The molecule has 0 amide bonds. The van der Waals surface area contributed by atoms with Crippen molar-refractivity contribution in [1.29, 1.82) is 0 Å². The Hall–Kier alpha value is -3.05. The fourth-order valence-corrected chi connectivity index (χ4v) is 3.25. The number of aliphatic carboxylic acids is 1. The molecule has 0 radical (unpaired) electrons. The van der Waals surface area contributed by atoms with Gasteiger partial charge in [0.05, 0.1) is 19.4 Å². The number of carboxylic acids is 1. The highest BCUT2D eigenvalue weighted by Gasteiger charge is 2.18. The number of rotatable bonds is 8. The SMILES string of the molecule is CC(N=Nc1ccc(Oc2ccc(S(C)(=O)=O)nc2)cc1OC1CCOCC1)C(=O)O. The second kappa shape index (κ2) is 9.84. The monoisotopic (exact) mass is 449 g/mol. The van der Waals surface area contributed by atoms with Crippen LogP contribution < -0.4 is 9.47 Å². The zero-order valence-electron chi connectivity index (χ0n) is 17.1. The molecular weight excluding hydrogens is 426 g/mol. The fraction of sp³-hybridized carbons (Fsp3) is 0.400. The zero-order chi connectivity index (χ0) is 22.4. The molecule has 1 atom stereocenters. The summed E-state index contributed by atoms with van der Waals surface area (Å²) in [5, 5.41) is 16.8. The second-order valence-corrected chi connectivity index (χ2v) is 8.96. The third-order valence-corrected chi connectivity index (χ3v) is 5.42. The average Bonchev–Trinajstić information content (AvgIpc) is 2.73. The van der Waals surface area contributed by atoms with Gasteiger partial charge in [-0.3, -0.25) is 0 Å². The number of azo groups is 1. The molecule has 1 N–H and O–H groups in total. The van der Waals surface area contributed by atoms with Gasteiger partial charge in [0.25, 0.3) is 0 Å². The van der Waals surface area contributed by atoms with Crippen LogP contribution in [-0.2, 0) is 19.4 Å². The van der Waals surface area contributed by atoms with Crippen molar-refractivity contribution < 1.29 is 32.5 Å². The van der Waals surface area contributed by atoms with Crippen LogP contribution in [0.1, 0.15) is 19.8 Å². The predicted octanol–water partition coefficient (Wildman–Crippen LogP) is 3.39. The Morgan fingerprint density at radius 2 is 1.94 bits per heavy atom. The van der Waals surface area contributed by atoms with Crippen LogP contribution >= 0.6 is 0 Å². The summed E-state index contributed by atoms with van der Waals surface area (Å²) in [6, 6.07) is 6.73. The van der Waals surface area contributed by atoms with Crippen molar-refractivity contribution in [2.75, 3.05) is 19.5 Å². The number of hydrogen-bond donors (Lipinski definition) is 1. The smallest absolute Gasteiger partial charge is 0.330 e. The van der Waals surface area contributed by atoms with E-state index in [4.69, 9.17) is 19.3 Å². The first-order valence-corrected chi connectivity index (χ1v) is 11.5. The van der Waals surface area contributed by atoms with E-state index >= 15 is 0 Å². The Balaban J connectivity index is 1.83. The van der Waals surface area contributed by atoms with Gasteiger partial charge in [-0.25, -0.2) is 18.2 Å². The molecule has 3 rings (SSSR count). The first-order valence-electron chi connectivity index (χ1n) is 9.58. The summed E-state index contributed by atoms with van der Waals surface area (Å²) in [4.78, 5) is 14.9. The highest BCUT2D eigenvalue weighted by molar-refractivity contribution is 7.90. The maximum absolute atomic E-state index is 11.5. The summed E-state index contributed by atoms with van der Waals surface area (Å²) in [7, 11) is -3.40. The minimum absolute atomic E-state index is 0.0494. The summed E-state index contributed by atoms with van der Waals surface area (Å²) in [5.41, 5.74) is 0.373. The number of hydrogen-bond acceptors (Lipinski definition) is 9. The molecule has 0 aliphatic carbocycles. The van der Waals surface area contributed by atoms with E-state index in [1.807, 2.05) is 0 Å². The van der Waals surface area contributed by atoms with Crippen LogP contribution in [0.4, 0.5) is 5.69 Å². The lowest BCUT2D eigenvalue weighted by Crippen LogP contribution is -2.25. The van der Waals surface area contributed by atoms with Gasteiger partial charge in [-0.05, 0) is 31.2 Å². The Labute approximate surface area is 179 Å². The molecule has 1 aromatic carbocycles. The van der Waals surface area contributed by atoms with Crippen LogP contribution in [0.25, 0.3) is 0 Å². The second-order valence-electron chi connectivity index (χ2n) is 7.00. The minimum Gasteiger partial charge on any atom is -0.488 e. The van der Waals surface area contributed by atoms with E-state index in [9.17, 15) is 13.2 Å². The van der Waals surface area contributed by atoms with E-state index in [0.29, 0.717) is 49.0 Å². The Morgan fingerprint density at radius 1 is 1.23 bits per heavy atom. The van der Waals surface area contributed by atoms with E-state index in [2.05, 4.69) is 15.2 Å². The zero-order valence-corrected chi connectivity index (χ0v) is 17.9. The quantitative estimate of drug-likeness (QED) is 0.606.